The molecular formula is C11H19N3S. The van der Waals surface area contributed by atoms with Crippen molar-refractivity contribution in [3.8, 4) is 0 Å². The van der Waals surface area contributed by atoms with Gasteiger partial charge in [-0.3, -0.25) is 10.00 Å². The van der Waals surface area contributed by atoms with E-state index in [4.69, 9.17) is 0 Å². The fourth-order valence-electron chi connectivity index (χ4n) is 2.23. The van der Waals surface area contributed by atoms with Gasteiger partial charge in [0.2, 0.25) is 0 Å². The van der Waals surface area contributed by atoms with Gasteiger partial charge in [-0.25, -0.2) is 0 Å². The molecule has 1 aliphatic rings. The Morgan fingerprint density at radius 2 is 2.33 bits per heavy atom. The van der Waals surface area contributed by atoms with E-state index >= 15 is 0 Å². The molecule has 0 saturated heterocycles. The van der Waals surface area contributed by atoms with Gasteiger partial charge in [0.1, 0.15) is 0 Å². The Hall–Kier alpha value is -0.480. The molecule has 0 amide bonds. The smallest absolute Gasteiger partial charge is 0.0537 e. The van der Waals surface area contributed by atoms with Crippen molar-refractivity contribution in [2.75, 3.05) is 5.75 Å². The van der Waals surface area contributed by atoms with Crippen LogP contribution in [0.2, 0.25) is 0 Å². The summed E-state index contributed by atoms with van der Waals surface area (Å²) in [6.45, 7) is 6.58. The number of fused-ring (bicyclic) bond motifs is 1. The van der Waals surface area contributed by atoms with Gasteiger partial charge in [0.25, 0.3) is 0 Å². The Bertz CT molecular complexity index is 301. The van der Waals surface area contributed by atoms with E-state index in [0.29, 0.717) is 6.04 Å². The number of rotatable bonds is 4. The van der Waals surface area contributed by atoms with Gasteiger partial charge in [-0.1, -0.05) is 13.8 Å². The first-order valence-electron chi connectivity index (χ1n) is 5.56. The van der Waals surface area contributed by atoms with Gasteiger partial charge in [-0.05, 0) is 12.3 Å². The van der Waals surface area contributed by atoms with Crippen LogP contribution in [0.15, 0.2) is 6.20 Å². The molecule has 2 rings (SSSR count). The van der Waals surface area contributed by atoms with Crippen molar-refractivity contribution in [1.82, 2.24) is 15.1 Å². The summed E-state index contributed by atoms with van der Waals surface area (Å²) >= 11 is 4.46. The van der Waals surface area contributed by atoms with E-state index in [9.17, 15) is 0 Å². The highest BCUT2D eigenvalue weighted by molar-refractivity contribution is 7.80. The Labute approximate surface area is 96.7 Å². The molecule has 1 aromatic heterocycles. The molecule has 1 atom stereocenters. The first kappa shape index (κ1) is 11.0. The lowest BCUT2D eigenvalue weighted by molar-refractivity contribution is 0.190. The van der Waals surface area contributed by atoms with Crippen LogP contribution in [0.4, 0.5) is 0 Å². The molecule has 0 aliphatic carbocycles. The Balaban J connectivity index is 1.98. The molecule has 1 aliphatic heterocycles. The molecule has 1 unspecified atom stereocenters. The minimum absolute atomic E-state index is 0.592. The lowest BCUT2D eigenvalue weighted by Gasteiger charge is -2.27. The minimum atomic E-state index is 0.592. The van der Waals surface area contributed by atoms with E-state index in [1.165, 1.54) is 17.7 Å². The number of hydrogen-bond donors (Lipinski definition) is 2. The van der Waals surface area contributed by atoms with Crippen LogP contribution in [-0.2, 0) is 13.1 Å². The molecule has 1 aromatic rings. The van der Waals surface area contributed by atoms with Crippen LogP contribution >= 0.6 is 12.6 Å². The van der Waals surface area contributed by atoms with Crippen LogP contribution in [0.5, 0.6) is 0 Å². The van der Waals surface area contributed by atoms with E-state index in [0.717, 1.165) is 24.8 Å². The normalized spacial score (nSPS) is 18.4. The highest BCUT2D eigenvalue weighted by Crippen LogP contribution is 2.25. The summed E-state index contributed by atoms with van der Waals surface area (Å²) in [6, 6.07) is 0.592. The van der Waals surface area contributed by atoms with E-state index in [-0.39, 0.29) is 0 Å². The average Bonchev–Trinajstić information content (AvgIpc) is 2.72. The number of aromatic nitrogens is 2. The number of nitrogens with one attached hydrogen (secondary N) is 1. The van der Waals surface area contributed by atoms with Crippen molar-refractivity contribution in [3.63, 3.8) is 0 Å². The molecule has 1 N–H and O–H groups in total. The van der Waals surface area contributed by atoms with Gasteiger partial charge in [0.15, 0.2) is 0 Å². The molecule has 0 radical (unpaired) electrons. The van der Waals surface area contributed by atoms with E-state index < -0.39 is 0 Å². The van der Waals surface area contributed by atoms with E-state index in [2.05, 4.69) is 41.6 Å². The molecule has 15 heavy (non-hydrogen) atoms. The van der Waals surface area contributed by atoms with Gasteiger partial charge in [-0.15, -0.1) is 0 Å². The zero-order valence-corrected chi connectivity index (χ0v) is 10.3. The molecule has 3 nitrogen and oxygen atoms in total. The summed E-state index contributed by atoms with van der Waals surface area (Å²) in [5.74, 6) is 1.68. The highest BCUT2D eigenvalue weighted by Gasteiger charge is 2.26. The van der Waals surface area contributed by atoms with Crippen molar-refractivity contribution in [1.29, 1.82) is 0 Å². The first-order valence-corrected chi connectivity index (χ1v) is 6.20. The fraction of sp³-hybridized carbons (Fsp3) is 0.727. The van der Waals surface area contributed by atoms with Crippen LogP contribution in [0, 0.1) is 5.92 Å². The monoisotopic (exact) mass is 225 g/mol. The summed E-state index contributed by atoms with van der Waals surface area (Å²) in [4.78, 5) is 2.50. The van der Waals surface area contributed by atoms with Gasteiger partial charge in [-0.2, -0.15) is 17.7 Å². The Morgan fingerprint density at radius 3 is 2.93 bits per heavy atom. The third-order valence-electron chi connectivity index (χ3n) is 3.01. The lowest BCUT2D eigenvalue weighted by atomic mass is 10.0. The standard InChI is InChI=1S/C11H19N3S/c1-8(2)3-10(7-15)14-5-9-4-12-13-11(9)6-14/h4,8,10,15H,3,5-7H2,1-2H3,(H,12,13). The maximum atomic E-state index is 4.46. The average molecular weight is 225 g/mol. The maximum absolute atomic E-state index is 4.46. The third kappa shape index (κ3) is 2.37. The second kappa shape index (κ2) is 4.58. The summed E-state index contributed by atoms with van der Waals surface area (Å²) in [7, 11) is 0. The van der Waals surface area contributed by atoms with Crippen molar-refractivity contribution >= 4 is 12.6 Å². The van der Waals surface area contributed by atoms with Crippen molar-refractivity contribution in [2.45, 2.75) is 39.4 Å². The minimum Gasteiger partial charge on any atom is -0.289 e. The molecular weight excluding hydrogens is 206 g/mol. The molecule has 4 heteroatoms. The number of H-pyrrole nitrogens is 1. The fourth-order valence-corrected chi connectivity index (χ4v) is 2.61. The van der Waals surface area contributed by atoms with Crippen LogP contribution < -0.4 is 0 Å². The maximum Gasteiger partial charge on any atom is 0.0537 e. The zero-order valence-electron chi connectivity index (χ0n) is 9.40. The predicted molar refractivity (Wildman–Crippen MR) is 64.9 cm³/mol. The summed E-state index contributed by atoms with van der Waals surface area (Å²) in [5, 5.41) is 7.12. The van der Waals surface area contributed by atoms with Crippen LogP contribution in [0.1, 0.15) is 31.5 Å². The van der Waals surface area contributed by atoms with Crippen LogP contribution in [-0.4, -0.2) is 26.9 Å². The molecule has 0 saturated carbocycles. The SMILES string of the molecule is CC(C)CC(CS)N1Cc2cn[nH]c2C1. The van der Waals surface area contributed by atoms with Gasteiger partial charge in [0.05, 0.1) is 11.9 Å². The highest BCUT2D eigenvalue weighted by atomic mass is 32.1. The second-order valence-corrected chi connectivity index (χ2v) is 5.11. The zero-order chi connectivity index (χ0) is 10.8. The van der Waals surface area contributed by atoms with Gasteiger partial charge in [0, 0.05) is 30.4 Å². The van der Waals surface area contributed by atoms with Crippen molar-refractivity contribution in [2.24, 2.45) is 5.92 Å². The quantitative estimate of drug-likeness (QED) is 0.769. The van der Waals surface area contributed by atoms with Crippen LogP contribution in [0.3, 0.4) is 0 Å². The van der Waals surface area contributed by atoms with Gasteiger partial charge >= 0.3 is 0 Å². The summed E-state index contributed by atoms with van der Waals surface area (Å²) in [5.41, 5.74) is 2.64. The van der Waals surface area contributed by atoms with E-state index in [1.54, 1.807) is 0 Å². The first-order chi connectivity index (χ1) is 7.20. The third-order valence-corrected chi connectivity index (χ3v) is 3.43. The Kier molecular flexibility index (Phi) is 3.36. The largest absolute Gasteiger partial charge is 0.289 e. The predicted octanol–water partition coefficient (Wildman–Crippen LogP) is 2.07. The number of thiol groups is 1. The Morgan fingerprint density at radius 1 is 1.53 bits per heavy atom. The molecule has 84 valence electrons. The van der Waals surface area contributed by atoms with Crippen molar-refractivity contribution in [3.05, 3.63) is 17.5 Å². The lowest BCUT2D eigenvalue weighted by Crippen LogP contribution is -2.33. The second-order valence-electron chi connectivity index (χ2n) is 4.74. The summed E-state index contributed by atoms with van der Waals surface area (Å²) < 4.78 is 0. The van der Waals surface area contributed by atoms with E-state index in [1.807, 2.05) is 6.20 Å². The topological polar surface area (TPSA) is 31.9 Å². The molecule has 0 bridgehead atoms. The molecule has 0 aromatic carbocycles. The number of nitrogens with zero attached hydrogens (tertiary/aromatic N) is 2. The molecule has 0 fully saturated rings. The number of aromatic amines is 1. The molecule has 0 spiro atoms. The van der Waals surface area contributed by atoms with Crippen LogP contribution in [0.25, 0.3) is 0 Å². The van der Waals surface area contributed by atoms with Gasteiger partial charge < -0.3 is 0 Å². The number of hydrogen-bond acceptors (Lipinski definition) is 3. The van der Waals surface area contributed by atoms with Crippen molar-refractivity contribution < 1.29 is 0 Å². The summed E-state index contributed by atoms with van der Waals surface area (Å²) in [6.07, 6.45) is 3.17. The molecule has 2 heterocycles.